The highest BCUT2D eigenvalue weighted by Crippen LogP contribution is 2.34. The van der Waals surface area contributed by atoms with E-state index in [1.165, 1.54) is 18.4 Å². The molecule has 5 rings (SSSR count). The van der Waals surface area contributed by atoms with E-state index in [1.807, 2.05) is 18.2 Å². The zero-order valence-electron chi connectivity index (χ0n) is 13.8. The van der Waals surface area contributed by atoms with Gasteiger partial charge in [-0.2, -0.15) is 0 Å². The number of fused-ring (bicyclic) bond motifs is 3. The molecule has 0 bridgehead atoms. The van der Waals surface area contributed by atoms with Gasteiger partial charge < -0.3 is 18.0 Å². The van der Waals surface area contributed by atoms with Crippen molar-refractivity contribution in [2.75, 3.05) is 0 Å². The van der Waals surface area contributed by atoms with Crippen LogP contribution in [0.1, 0.15) is 30.1 Å². The number of furan rings is 2. The van der Waals surface area contributed by atoms with Gasteiger partial charge in [-0.3, -0.25) is 0 Å². The Hall–Kier alpha value is -2.54. The first-order valence-corrected chi connectivity index (χ1v) is 9.31. The lowest BCUT2D eigenvalue weighted by Gasteiger charge is -2.08. The average molecular weight is 415 g/mol. The SMILES string of the molecule is Brc1ccc(-c2nnc(COc3ccc4oc5c(c4c3)CCCC5)o2)o1. The Morgan fingerprint density at radius 2 is 1.92 bits per heavy atom. The minimum Gasteiger partial charge on any atom is -0.484 e. The van der Waals surface area contributed by atoms with Crippen molar-refractivity contribution in [3.8, 4) is 17.4 Å². The lowest BCUT2D eigenvalue weighted by atomic mass is 9.96. The summed E-state index contributed by atoms with van der Waals surface area (Å²) >= 11 is 3.25. The summed E-state index contributed by atoms with van der Waals surface area (Å²) in [6, 6.07) is 9.43. The number of ether oxygens (including phenoxy) is 1. The molecule has 0 saturated carbocycles. The lowest BCUT2D eigenvalue weighted by Crippen LogP contribution is -1.99. The highest BCUT2D eigenvalue weighted by molar-refractivity contribution is 9.10. The molecule has 4 aromatic rings. The van der Waals surface area contributed by atoms with Crippen molar-refractivity contribution in [1.29, 1.82) is 0 Å². The van der Waals surface area contributed by atoms with Crippen molar-refractivity contribution >= 4 is 26.9 Å². The summed E-state index contributed by atoms with van der Waals surface area (Å²) in [5.41, 5.74) is 2.24. The largest absolute Gasteiger partial charge is 0.484 e. The first-order valence-electron chi connectivity index (χ1n) is 8.51. The van der Waals surface area contributed by atoms with Gasteiger partial charge in [0.05, 0.1) is 0 Å². The van der Waals surface area contributed by atoms with Gasteiger partial charge in [0, 0.05) is 17.4 Å². The van der Waals surface area contributed by atoms with E-state index in [1.54, 1.807) is 12.1 Å². The average Bonchev–Trinajstić information content (AvgIpc) is 3.37. The second-order valence-electron chi connectivity index (χ2n) is 6.26. The maximum absolute atomic E-state index is 5.95. The highest BCUT2D eigenvalue weighted by Gasteiger charge is 2.18. The van der Waals surface area contributed by atoms with Crippen LogP contribution in [0.15, 0.2) is 48.3 Å². The van der Waals surface area contributed by atoms with Crippen LogP contribution in [0.3, 0.4) is 0 Å². The molecule has 0 saturated heterocycles. The van der Waals surface area contributed by atoms with E-state index in [9.17, 15) is 0 Å². The fourth-order valence-corrected chi connectivity index (χ4v) is 3.62. The molecule has 6 nitrogen and oxygen atoms in total. The molecule has 3 heterocycles. The second kappa shape index (κ2) is 6.32. The molecule has 0 amide bonds. The fourth-order valence-electron chi connectivity index (χ4n) is 3.32. The van der Waals surface area contributed by atoms with Crippen molar-refractivity contribution in [2.24, 2.45) is 0 Å². The van der Waals surface area contributed by atoms with Crippen LogP contribution >= 0.6 is 15.9 Å². The third-order valence-electron chi connectivity index (χ3n) is 4.54. The molecule has 1 aliphatic rings. The van der Waals surface area contributed by atoms with Crippen molar-refractivity contribution < 1.29 is 18.0 Å². The van der Waals surface area contributed by atoms with E-state index in [-0.39, 0.29) is 6.61 Å². The van der Waals surface area contributed by atoms with Gasteiger partial charge in [-0.25, -0.2) is 0 Å². The Kier molecular flexibility index (Phi) is 3.81. The van der Waals surface area contributed by atoms with E-state index in [0.29, 0.717) is 22.2 Å². The quantitative estimate of drug-likeness (QED) is 0.451. The van der Waals surface area contributed by atoms with Crippen LogP contribution in [0.4, 0.5) is 0 Å². The molecule has 0 spiro atoms. The van der Waals surface area contributed by atoms with E-state index < -0.39 is 0 Å². The van der Waals surface area contributed by atoms with Crippen LogP contribution in [0.2, 0.25) is 0 Å². The molecule has 132 valence electrons. The number of hydrogen-bond donors (Lipinski definition) is 0. The van der Waals surface area contributed by atoms with Crippen LogP contribution < -0.4 is 4.74 Å². The Morgan fingerprint density at radius 1 is 1.00 bits per heavy atom. The summed E-state index contributed by atoms with van der Waals surface area (Å²) in [6.07, 6.45) is 4.49. The minimum atomic E-state index is 0.195. The van der Waals surface area contributed by atoms with Crippen LogP contribution in [-0.2, 0) is 19.4 Å². The van der Waals surface area contributed by atoms with E-state index in [2.05, 4.69) is 26.1 Å². The molecule has 0 atom stereocenters. The van der Waals surface area contributed by atoms with Gasteiger partial charge in [0.2, 0.25) is 0 Å². The number of rotatable bonds is 4. The topological polar surface area (TPSA) is 74.4 Å². The van der Waals surface area contributed by atoms with Gasteiger partial charge >= 0.3 is 0 Å². The summed E-state index contributed by atoms with van der Waals surface area (Å²) in [5, 5.41) is 9.13. The molecule has 0 fully saturated rings. The van der Waals surface area contributed by atoms with Crippen LogP contribution in [-0.4, -0.2) is 10.2 Å². The molecule has 0 unspecified atom stereocenters. The normalized spacial score (nSPS) is 13.9. The fraction of sp³-hybridized carbons (Fsp3) is 0.263. The van der Waals surface area contributed by atoms with Gasteiger partial charge in [-0.15, -0.1) is 10.2 Å². The van der Waals surface area contributed by atoms with Gasteiger partial charge in [-0.1, -0.05) is 0 Å². The summed E-state index contributed by atoms with van der Waals surface area (Å²) in [4.78, 5) is 0. The molecule has 7 heteroatoms. The van der Waals surface area contributed by atoms with E-state index >= 15 is 0 Å². The predicted molar refractivity (Wildman–Crippen MR) is 96.9 cm³/mol. The molecule has 0 radical (unpaired) electrons. The second-order valence-corrected chi connectivity index (χ2v) is 7.04. The third-order valence-corrected chi connectivity index (χ3v) is 4.97. The molecule has 0 N–H and O–H groups in total. The van der Waals surface area contributed by atoms with E-state index in [0.717, 1.165) is 35.3 Å². The maximum atomic E-state index is 5.95. The van der Waals surface area contributed by atoms with Crippen molar-refractivity contribution in [2.45, 2.75) is 32.3 Å². The zero-order valence-corrected chi connectivity index (χ0v) is 15.4. The Bertz CT molecular complexity index is 1080. The van der Waals surface area contributed by atoms with Gasteiger partial charge in [-0.05, 0) is 65.5 Å². The van der Waals surface area contributed by atoms with Gasteiger partial charge in [0.25, 0.3) is 11.8 Å². The van der Waals surface area contributed by atoms with Gasteiger partial charge in [0.15, 0.2) is 17.0 Å². The van der Waals surface area contributed by atoms with Crippen molar-refractivity contribution in [3.63, 3.8) is 0 Å². The maximum Gasteiger partial charge on any atom is 0.283 e. The Labute approximate surface area is 157 Å². The number of nitrogens with zero attached hydrogens (tertiary/aromatic N) is 2. The number of halogens is 1. The zero-order chi connectivity index (χ0) is 17.5. The summed E-state index contributed by atoms with van der Waals surface area (Å²) < 4.78 is 23.4. The third kappa shape index (κ3) is 2.82. The molecule has 3 aromatic heterocycles. The Morgan fingerprint density at radius 3 is 2.81 bits per heavy atom. The molecule has 0 aliphatic heterocycles. The Balaban J connectivity index is 1.34. The molecule has 1 aliphatic carbocycles. The molecule has 26 heavy (non-hydrogen) atoms. The molecular formula is C19H15BrN2O4. The van der Waals surface area contributed by atoms with Crippen molar-refractivity contribution in [3.05, 3.63) is 52.2 Å². The number of aromatic nitrogens is 2. The van der Waals surface area contributed by atoms with Gasteiger partial charge in [0.1, 0.15) is 17.1 Å². The predicted octanol–water partition coefficient (Wildman–Crippen LogP) is 5.30. The first kappa shape index (κ1) is 15.7. The summed E-state index contributed by atoms with van der Waals surface area (Å²) in [6.45, 7) is 0.195. The van der Waals surface area contributed by atoms with Crippen LogP contribution in [0.5, 0.6) is 5.75 Å². The van der Waals surface area contributed by atoms with Crippen molar-refractivity contribution in [1.82, 2.24) is 10.2 Å². The first-order chi connectivity index (χ1) is 12.8. The minimum absolute atomic E-state index is 0.195. The smallest absolute Gasteiger partial charge is 0.283 e. The number of aryl methyl sites for hydroxylation is 2. The van der Waals surface area contributed by atoms with Crippen LogP contribution in [0, 0.1) is 0 Å². The van der Waals surface area contributed by atoms with Crippen LogP contribution in [0.25, 0.3) is 22.6 Å². The van der Waals surface area contributed by atoms with E-state index in [4.69, 9.17) is 18.0 Å². The number of hydrogen-bond acceptors (Lipinski definition) is 6. The summed E-state index contributed by atoms with van der Waals surface area (Å²) in [5.74, 6) is 3.11. The molecule has 1 aromatic carbocycles. The summed E-state index contributed by atoms with van der Waals surface area (Å²) in [7, 11) is 0. The molecular weight excluding hydrogens is 400 g/mol. The standard InChI is InChI=1S/C19H15BrN2O4/c20-17-8-7-16(25-17)19-22-21-18(26-19)10-23-11-5-6-15-13(9-11)12-3-1-2-4-14(12)24-15/h5-9H,1-4,10H2. The number of benzene rings is 1. The lowest BCUT2D eigenvalue weighted by molar-refractivity contribution is 0.264. The monoisotopic (exact) mass is 414 g/mol. The highest BCUT2D eigenvalue weighted by atomic mass is 79.9.